The van der Waals surface area contributed by atoms with E-state index in [-0.39, 0.29) is 5.54 Å². The molecule has 1 saturated heterocycles. The molecule has 1 aliphatic heterocycles. The summed E-state index contributed by atoms with van der Waals surface area (Å²) in [5.41, 5.74) is 1.98. The zero-order valence-corrected chi connectivity index (χ0v) is 12.9. The zero-order chi connectivity index (χ0) is 11.4. The topological polar surface area (TPSA) is 3.24 Å². The molecule has 0 aromatic heterocycles. The Balaban J connectivity index is 2.44. The molecule has 0 spiro atoms. The summed E-state index contributed by atoms with van der Waals surface area (Å²) in [4.78, 5) is 0. The van der Waals surface area contributed by atoms with Gasteiger partial charge in [-0.3, -0.25) is 0 Å². The minimum atomic E-state index is -0.415. The molecule has 2 rings (SSSR count). The van der Waals surface area contributed by atoms with E-state index in [1.807, 2.05) is 0 Å². The average molecular weight is 278 g/mol. The van der Waals surface area contributed by atoms with Crippen molar-refractivity contribution >= 4 is 10.7 Å². The van der Waals surface area contributed by atoms with Crippen LogP contribution in [0.5, 0.6) is 0 Å². The van der Waals surface area contributed by atoms with Crippen molar-refractivity contribution in [2.45, 2.75) is 45.8 Å². The molecule has 2 aliphatic rings. The van der Waals surface area contributed by atoms with Crippen LogP contribution in [0.15, 0.2) is 23.7 Å². The van der Waals surface area contributed by atoms with Gasteiger partial charge in [-0.15, -0.1) is 0 Å². The number of nitrogens with zero attached hydrogens (tertiary/aromatic N) is 1. The van der Waals surface area contributed by atoms with E-state index < -0.39 is 3.82 Å². The van der Waals surface area contributed by atoms with Crippen molar-refractivity contribution in [2.24, 2.45) is 0 Å². The summed E-state index contributed by atoms with van der Waals surface area (Å²) >= 11 is 1.67. The molecular weight excluding hydrogens is 259 g/mol. The van der Waals surface area contributed by atoms with Gasteiger partial charge < -0.3 is 0 Å². The summed E-state index contributed by atoms with van der Waals surface area (Å²) in [6.45, 7) is 12.5. The van der Waals surface area contributed by atoms with Crippen LogP contribution >= 0.6 is 0 Å². The summed E-state index contributed by atoms with van der Waals surface area (Å²) in [6, 6.07) is 0. The zero-order valence-electron chi connectivity index (χ0n) is 10.4. The van der Waals surface area contributed by atoms with Gasteiger partial charge in [0.2, 0.25) is 0 Å². The van der Waals surface area contributed by atoms with E-state index in [0.717, 1.165) is 0 Å². The first-order valence-corrected chi connectivity index (χ1v) is 7.30. The molecule has 0 radical (unpaired) electrons. The second-order valence-corrected chi connectivity index (χ2v) is 8.90. The van der Waals surface area contributed by atoms with Gasteiger partial charge in [0.15, 0.2) is 0 Å². The third-order valence-corrected chi connectivity index (χ3v) is 5.43. The van der Waals surface area contributed by atoms with Gasteiger partial charge in [0.05, 0.1) is 0 Å². The predicted molar refractivity (Wildman–Crippen MR) is 65.8 cm³/mol. The Labute approximate surface area is 109 Å². The van der Waals surface area contributed by atoms with Crippen molar-refractivity contribution in [3.8, 4) is 0 Å². The van der Waals surface area contributed by atoms with Gasteiger partial charge in [-0.25, -0.2) is 0 Å². The first-order chi connectivity index (χ1) is 6.76. The van der Waals surface area contributed by atoms with Crippen LogP contribution in [0.3, 0.4) is 0 Å². The molecular formula is C11H19B2NZr-. The van der Waals surface area contributed by atoms with Crippen LogP contribution in [0.2, 0.25) is 19.5 Å². The normalized spacial score (nSPS) is 35.9. The Bertz CT molecular complexity index is 341. The van der Waals surface area contributed by atoms with Crippen LogP contribution in [0.25, 0.3) is 0 Å². The Kier molecular flexibility index (Phi) is 2.76. The summed E-state index contributed by atoms with van der Waals surface area (Å²) in [7, 11) is 0. The molecule has 1 heterocycles. The van der Waals surface area contributed by atoms with E-state index in [0.29, 0.717) is 12.7 Å². The van der Waals surface area contributed by atoms with Crippen LogP contribution in [0.1, 0.15) is 20.8 Å². The van der Waals surface area contributed by atoms with Crippen LogP contribution in [0.4, 0.5) is 0 Å². The van der Waals surface area contributed by atoms with E-state index in [4.69, 9.17) is 0 Å². The van der Waals surface area contributed by atoms with Crippen LogP contribution < -0.4 is 0 Å². The summed E-state index contributed by atoms with van der Waals surface area (Å²) in [5.74, 6) is 0.688. The van der Waals surface area contributed by atoms with Crippen molar-refractivity contribution in [3.63, 3.8) is 0 Å². The molecule has 1 aliphatic carbocycles. The molecule has 1 nitrogen and oxygen atoms in total. The number of hydrogen-bond donors (Lipinski definition) is 0. The molecule has 0 aromatic rings. The second-order valence-electron chi connectivity index (χ2n) is 6.13. The van der Waals surface area contributed by atoms with Gasteiger partial charge in [-0.2, -0.15) is 0 Å². The average Bonchev–Trinajstić information content (AvgIpc) is 2.52. The van der Waals surface area contributed by atoms with E-state index in [1.165, 1.54) is 0 Å². The monoisotopic (exact) mass is 277 g/mol. The Morgan fingerprint density at radius 3 is 2.53 bits per heavy atom. The number of hydrogen-bond acceptors (Lipinski definition) is 1. The second kappa shape index (κ2) is 3.47. The van der Waals surface area contributed by atoms with Crippen molar-refractivity contribution in [3.05, 3.63) is 23.7 Å². The molecule has 1 fully saturated rings. The SMILES string of the molecule is CB1C2C=CC=C2[B-](C)([Zr])N1C(C)(C)C. The third-order valence-electron chi connectivity index (χ3n) is 3.93. The van der Waals surface area contributed by atoms with Crippen LogP contribution in [0, 0.1) is 0 Å². The molecule has 0 aromatic carbocycles. The molecule has 2 atom stereocenters. The molecule has 2 unspecified atom stereocenters. The van der Waals surface area contributed by atoms with Crippen LogP contribution in [-0.4, -0.2) is 20.9 Å². The van der Waals surface area contributed by atoms with E-state index in [9.17, 15) is 0 Å². The predicted octanol–water partition coefficient (Wildman–Crippen LogP) is 2.75. The van der Waals surface area contributed by atoms with Crippen molar-refractivity contribution in [1.82, 2.24) is 4.72 Å². The maximum atomic E-state index is 2.76. The molecule has 0 bridgehead atoms. The third kappa shape index (κ3) is 1.69. The Morgan fingerprint density at radius 1 is 1.47 bits per heavy atom. The fourth-order valence-corrected chi connectivity index (χ4v) is 5.94. The van der Waals surface area contributed by atoms with E-state index in [2.05, 4.69) is 57.4 Å². The van der Waals surface area contributed by atoms with Crippen molar-refractivity contribution in [2.75, 3.05) is 0 Å². The quantitative estimate of drug-likeness (QED) is 0.616. The Morgan fingerprint density at radius 2 is 2.07 bits per heavy atom. The molecule has 0 N–H and O–H groups in total. The van der Waals surface area contributed by atoms with Gasteiger partial charge >= 0.3 is 109 Å². The fourth-order valence-electron chi connectivity index (χ4n) is 3.70. The molecule has 0 saturated carbocycles. The van der Waals surface area contributed by atoms with Gasteiger partial charge in [0.1, 0.15) is 0 Å². The van der Waals surface area contributed by atoms with Gasteiger partial charge in [-0.1, -0.05) is 0 Å². The summed E-state index contributed by atoms with van der Waals surface area (Å²) < 4.78 is 2.34. The van der Waals surface area contributed by atoms with E-state index in [1.54, 1.807) is 30.0 Å². The molecule has 4 heteroatoms. The first kappa shape index (κ1) is 11.9. The van der Waals surface area contributed by atoms with Gasteiger partial charge in [0, 0.05) is 0 Å². The minimum absolute atomic E-state index is 0.288. The van der Waals surface area contributed by atoms with Crippen LogP contribution in [-0.2, 0) is 24.5 Å². The van der Waals surface area contributed by atoms with E-state index >= 15 is 0 Å². The Hall–Kier alpha value is 0.453. The maximum absolute atomic E-state index is 2.76. The molecule has 0 amide bonds. The van der Waals surface area contributed by atoms with Gasteiger partial charge in [0.25, 0.3) is 0 Å². The van der Waals surface area contributed by atoms with Crippen molar-refractivity contribution < 1.29 is 24.5 Å². The molecule has 15 heavy (non-hydrogen) atoms. The fraction of sp³-hybridized carbons (Fsp3) is 0.636. The first-order valence-electron chi connectivity index (χ1n) is 5.88. The van der Waals surface area contributed by atoms with Gasteiger partial charge in [-0.05, 0) is 0 Å². The van der Waals surface area contributed by atoms with Crippen molar-refractivity contribution in [1.29, 1.82) is 0 Å². The standard InChI is InChI=1S/C11H19B2N.Zr/c1-11(2,3)14-12(4)9-7-6-8-10(9)13(14)5;/h6-9H,1-5H3;/q;-1. The number of allylic oxidation sites excluding steroid dienone is 4. The number of rotatable bonds is 0. The summed E-state index contributed by atoms with van der Waals surface area (Å²) in [5, 5.41) is 0. The summed E-state index contributed by atoms with van der Waals surface area (Å²) in [6.07, 6.45) is 7.00. The number of fused-ring (bicyclic) bond motifs is 1. The molecule has 79 valence electrons.